The Labute approximate surface area is 195 Å². The van der Waals surface area contributed by atoms with E-state index in [4.69, 9.17) is 4.52 Å². The van der Waals surface area contributed by atoms with Gasteiger partial charge < -0.3 is 14.6 Å². The van der Waals surface area contributed by atoms with E-state index in [2.05, 4.69) is 25.2 Å². The molecular formula is C24H22FN5O2S. The van der Waals surface area contributed by atoms with Crippen LogP contribution in [0.4, 0.5) is 15.8 Å². The Balaban J connectivity index is 1.43. The average molecular weight is 464 g/mol. The molecule has 7 nitrogen and oxygen atoms in total. The zero-order valence-electron chi connectivity index (χ0n) is 18.1. The topological polar surface area (TPSA) is 92.9 Å². The standard InChI is InChI=1S/C24H22FN5O2S/c1-24(2,15-25)23(31)27-18-8-4-9-19(13-18)30-33-20-10-3-6-16(12-20)21-28-22(32-29-21)17-7-5-11-26-14-17/h3-14,30H,15H2,1-2H3,(H,27,31). The van der Waals surface area contributed by atoms with Crippen LogP contribution in [0.25, 0.3) is 22.8 Å². The SMILES string of the molecule is CC(C)(CF)C(=O)Nc1cccc(NSc2cccc(-c3noc(-c4cccnc4)n3)c2)c1. The molecule has 2 N–H and O–H groups in total. The van der Waals surface area contributed by atoms with Crippen LogP contribution in [0.3, 0.4) is 0 Å². The van der Waals surface area contributed by atoms with Crippen LogP contribution in [-0.2, 0) is 4.79 Å². The highest BCUT2D eigenvalue weighted by Crippen LogP contribution is 2.28. The Morgan fingerprint density at radius 1 is 1.06 bits per heavy atom. The number of hydrogen-bond acceptors (Lipinski definition) is 7. The lowest BCUT2D eigenvalue weighted by Crippen LogP contribution is -2.32. The van der Waals surface area contributed by atoms with Gasteiger partial charge in [-0.2, -0.15) is 4.98 Å². The molecule has 0 bridgehead atoms. The normalized spacial score (nSPS) is 11.2. The molecule has 168 valence electrons. The molecule has 4 rings (SSSR count). The van der Waals surface area contributed by atoms with E-state index in [-0.39, 0.29) is 5.91 Å². The summed E-state index contributed by atoms with van der Waals surface area (Å²) in [6, 6.07) is 18.6. The van der Waals surface area contributed by atoms with Gasteiger partial charge in [-0.15, -0.1) is 0 Å². The summed E-state index contributed by atoms with van der Waals surface area (Å²) in [5.41, 5.74) is 1.88. The van der Waals surface area contributed by atoms with Crippen LogP contribution in [0.2, 0.25) is 0 Å². The number of benzene rings is 2. The summed E-state index contributed by atoms with van der Waals surface area (Å²) in [6.07, 6.45) is 3.35. The monoisotopic (exact) mass is 463 g/mol. The van der Waals surface area contributed by atoms with Gasteiger partial charge in [0.2, 0.25) is 11.7 Å². The van der Waals surface area contributed by atoms with Crippen LogP contribution in [0, 0.1) is 5.41 Å². The van der Waals surface area contributed by atoms with Crippen molar-refractivity contribution in [2.45, 2.75) is 18.7 Å². The van der Waals surface area contributed by atoms with Gasteiger partial charge in [0.15, 0.2) is 0 Å². The number of halogens is 1. The minimum absolute atomic E-state index is 0.367. The summed E-state index contributed by atoms with van der Waals surface area (Å²) in [5.74, 6) is 0.522. The molecule has 0 aliphatic carbocycles. The number of amides is 1. The van der Waals surface area contributed by atoms with Crippen molar-refractivity contribution >= 4 is 29.2 Å². The molecule has 0 atom stereocenters. The van der Waals surface area contributed by atoms with Crippen molar-refractivity contribution < 1.29 is 13.7 Å². The molecule has 0 saturated heterocycles. The van der Waals surface area contributed by atoms with Crippen molar-refractivity contribution in [1.82, 2.24) is 15.1 Å². The third-order valence-electron chi connectivity index (χ3n) is 4.78. The second kappa shape index (κ2) is 9.83. The highest BCUT2D eigenvalue weighted by Gasteiger charge is 2.27. The summed E-state index contributed by atoms with van der Waals surface area (Å²) < 4.78 is 21.7. The molecule has 0 aliphatic rings. The molecule has 33 heavy (non-hydrogen) atoms. The number of alkyl halides is 1. The number of aromatic nitrogens is 3. The Morgan fingerprint density at radius 2 is 1.85 bits per heavy atom. The molecule has 0 unspecified atom stereocenters. The summed E-state index contributed by atoms with van der Waals surface area (Å²) in [5, 5.41) is 6.84. The number of carbonyl (C=O) groups is 1. The van der Waals surface area contributed by atoms with E-state index in [1.165, 1.54) is 11.9 Å². The fourth-order valence-corrected chi connectivity index (χ4v) is 3.48. The Morgan fingerprint density at radius 3 is 2.64 bits per heavy atom. The van der Waals surface area contributed by atoms with Crippen molar-refractivity contribution in [1.29, 1.82) is 0 Å². The molecule has 0 aliphatic heterocycles. The van der Waals surface area contributed by atoms with Crippen LogP contribution < -0.4 is 10.0 Å². The number of hydrogen-bond donors (Lipinski definition) is 2. The molecule has 2 aromatic carbocycles. The van der Waals surface area contributed by atoms with E-state index in [0.717, 1.165) is 21.7 Å². The fourth-order valence-electron chi connectivity index (χ4n) is 2.79. The third-order valence-corrected chi connectivity index (χ3v) is 5.61. The lowest BCUT2D eigenvalue weighted by molar-refractivity contribution is -0.124. The molecule has 0 spiro atoms. The van der Waals surface area contributed by atoms with Gasteiger partial charge in [-0.25, -0.2) is 4.39 Å². The van der Waals surface area contributed by atoms with E-state index in [1.54, 1.807) is 38.4 Å². The number of nitrogens with one attached hydrogen (secondary N) is 2. The first-order chi connectivity index (χ1) is 15.9. The van der Waals surface area contributed by atoms with Crippen molar-refractivity contribution in [2.75, 3.05) is 16.7 Å². The number of nitrogens with zero attached hydrogens (tertiary/aromatic N) is 3. The Bertz CT molecular complexity index is 1250. The van der Waals surface area contributed by atoms with E-state index < -0.39 is 12.1 Å². The quantitative estimate of drug-likeness (QED) is 0.317. The number of pyridine rings is 1. The minimum Gasteiger partial charge on any atom is -0.334 e. The van der Waals surface area contributed by atoms with Crippen LogP contribution in [0.5, 0.6) is 0 Å². The molecule has 9 heteroatoms. The molecule has 2 aromatic heterocycles. The lowest BCUT2D eigenvalue weighted by atomic mass is 9.94. The van der Waals surface area contributed by atoms with Crippen molar-refractivity contribution in [3.8, 4) is 22.8 Å². The number of carbonyl (C=O) groups excluding carboxylic acids is 1. The predicted molar refractivity (Wildman–Crippen MR) is 127 cm³/mol. The summed E-state index contributed by atoms with van der Waals surface area (Å²) in [4.78, 5) is 21.7. The Kier molecular flexibility index (Phi) is 6.69. The minimum atomic E-state index is -1.08. The molecular weight excluding hydrogens is 441 g/mol. The molecule has 0 saturated carbocycles. The van der Waals surface area contributed by atoms with E-state index in [1.807, 2.05) is 48.5 Å². The smallest absolute Gasteiger partial charge is 0.259 e. The highest BCUT2D eigenvalue weighted by atomic mass is 32.2. The van der Waals surface area contributed by atoms with Crippen molar-refractivity contribution in [2.24, 2.45) is 5.41 Å². The number of rotatable bonds is 8. The summed E-state index contributed by atoms with van der Waals surface area (Å²) >= 11 is 1.40. The van der Waals surface area contributed by atoms with E-state index in [9.17, 15) is 9.18 Å². The van der Waals surface area contributed by atoms with Crippen LogP contribution in [0.15, 0.2) is 82.5 Å². The molecule has 0 fully saturated rings. The highest BCUT2D eigenvalue weighted by molar-refractivity contribution is 8.00. The first kappa shape index (κ1) is 22.5. The molecule has 0 radical (unpaired) electrons. The van der Waals surface area contributed by atoms with E-state index in [0.29, 0.717) is 17.4 Å². The second-order valence-corrected chi connectivity index (χ2v) is 8.83. The maximum absolute atomic E-state index is 13.1. The molecule has 4 aromatic rings. The largest absolute Gasteiger partial charge is 0.334 e. The third kappa shape index (κ3) is 5.56. The van der Waals surface area contributed by atoms with E-state index >= 15 is 0 Å². The molecule has 2 heterocycles. The van der Waals surface area contributed by atoms with Gasteiger partial charge in [-0.3, -0.25) is 9.78 Å². The van der Waals surface area contributed by atoms with Gasteiger partial charge in [0.05, 0.1) is 11.0 Å². The zero-order chi connectivity index (χ0) is 23.3. The predicted octanol–water partition coefficient (Wildman–Crippen LogP) is 5.85. The number of anilines is 2. The van der Waals surface area contributed by atoms with Gasteiger partial charge in [0.25, 0.3) is 5.89 Å². The maximum Gasteiger partial charge on any atom is 0.259 e. The summed E-state index contributed by atoms with van der Waals surface area (Å²) in [6.45, 7) is 2.40. The lowest BCUT2D eigenvalue weighted by Gasteiger charge is -2.19. The van der Waals surface area contributed by atoms with Gasteiger partial charge in [0, 0.05) is 34.2 Å². The van der Waals surface area contributed by atoms with Gasteiger partial charge >= 0.3 is 0 Å². The molecule has 1 amide bonds. The first-order valence-corrected chi connectivity index (χ1v) is 11.0. The first-order valence-electron chi connectivity index (χ1n) is 10.2. The average Bonchev–Trinajstić information content (AvgIpc) is 3.34. The van der Waals surface area contributed by atoms with Crippen LogP contribution in [0.1, 0.15) is 13.8 Å². The van der Waals surface area contributed by atoms with Crippen LogP contribution in [-0.4, -0.2) is 27.7 Å². The van der Waals surface area contributed by atoms with Crippen LogP contribution >= 0.6 is 11.9 Å². The summed E-state index contributed by atoms with van der Waals surface area (Å²) in [7, 11) is 0. The van der Waals surface area contributed by atoms with Gasteiger partial charge in [-0.05, 0) is 68.3 Å². The maximum atomic E-state index is 13.1. The van der Waals surface area contributed by atoms with Gasteiger partial charge in [-0.1, -0.05) is 23.4 Å². The van der Waals surface area contributed by atoms with Crippen molar-refractivity contribution in [3.63, 3.8) is 0 Å². The fraction of sp³-hybridized carbons (Fsp3) is 0.167. The second-order valence-electron chi connectivity index (χ2n) is 7.95. The van der Waals surface area contributed by atoms with Gasteiger partial charge in [0.1, 0.15) is 6.67 Å². The Hall–Kier alpha value is -3.72. The van der Waals surface area contributed by atoms with Crippen molar-refractivity contribution in [3.05, 3.63) is 73.1 Å². The zero-order valence-corrected chi connectivity index (χ0v) is 18.9.